The highest BCUT2D eigenvalue weighted by molar-refractivity contribution is 5.95. The molecule has 5 rings (SSSR count). The van der Waals surface area contributed by atoms with E-state index < -0.39 is 23.8 Å². The Morgan fingerprint density at radius 1 is 1.25 bits per heavy atom. The van der Waals surface area contributed by atoms with E-state index in [1.807, 2.05) is 0 Å². The first-order valence-corrected chi connectivity index (χ1v) is 10.3. The second-order valence-corrected chi connectivity index (χ2v) is 7.90. The predicted octanol–water partition coefficient (Wildman–Crippen LogP) is 1.91. The van der Waals surface area contributed by atoms with Crippen molar-refractivity contribution < 1.29 is 22.7 Å². The van der Waals surface area contributed by atoms with Gasteiger partial charge < -0.3 is 20.7 Å². The highest BCUT2D eigenvalue weighted by atomic mass is 19.1. The monoisotopic (exact) mass is 446 g/mol. The van der Waals surface area contributed by atoms with Gasteiger partial charge in [-0.3, -0.25) is 9.20 Å². The van der Waals surface area contributed by atoms with E-state index >= 15 is 0 Å². The maximum atomic E-state index is 14.6. The van der Waals surface area contributed by atoms with Gasteiger partial charge in [-0.15, -0.1) is 0 Å². The Kier molecular flexibility index (Phi) is 5.43. The van der Waals surface area contributed by atoms with Crippen molar-refractivity contribution in [3.8, 4) is 11.4 Å². The summed E-state index contributed by atoms with van der Waals surface area (Å²) < 4.78 is 49.8. The third kappa shape index (κ3) is 3.89. The maximum Gasteiger partial charge on any atom is 0.251 e. The van der Waals surface area contributed by atoms with Crippen molar-refractivity contribution in [3.05, 3.63) is 47.8 Å². The van der Waals surface area contributed by atoms with Crippen LogP contribution in [0.2, 0.25) is 0 Å². The van der Waals surface area contributed by atoms with Gasteiger partial charge in [0.15, 0.2) is 17.5 Å². The molecule has 8 nitrogen and oxygen atoms in total. The molecule has 2 aliphatic rings. The zero-order valence-electron chi connectivity index (χ0n) is 16.9. The Labute approximate surface area is 181 Å². The Morgan fingerprint density at radius 3 is 2.84 bits per heavy atom. The molecule has 0 spiro atoms. The molecule has 1 amide bonds. The third-order valence-corrected chi connectivity index (χ3v) is 5.64. The zero-order valence-corrected chi connectivity index (χ0v) is 16.9. The Hall–Kier alpha value is -3.18. The number of rotatable bonds is 5. The highest BCUT2D eigenvalue weighted by Gasteiger charge is 2.27. The second kappa shape index (κ2) is 8.40. The molecule has 3 aromatic heterocycles. The van der Waals surface area contributed by atoms with E-state index in [0.717, 1.165) is 6.07 Å². The zero-order chi connectivity index (χ0) is 22.2. The van der Waals surface area contributed by atoms with E-state index in [0.29, 0.717) is 43.9 Å². The van der Waals surface area contributed by atoms with Crippen molar-refractivity contribution in [2.45, 2.75) is 24.7 Å². The number of carbonyl (C=O) groups excluding carboxylic acids is 1. The van der Waals surface area contributed by atoms with Crippen LogP contribution in [0.15, 0.2) is 30.6 Å². The van der Waals surface area contributed by atoms with Gasteiger partial charge in [-0.1, -0.05) is 0 Å². The SMILES string of the molecule is O=C(NC1COC1)c1ccn2c(-c3nc(N[C@@H]4CNCC[C@H]4F)c(F)cc3F)cnc2c1. The number of aromatic nitrogens is 3. The number of fused-ring (bicyclic) bond motifs is 1. The summed E-state index contributed by atoms with van der Waals surface area (Å²) in [6.45, 7) is 1.81. The van der Waals surface area contributed by atoms with Crippen molar-refractivity contribution in [3.63, 3.8) is 0 Å². The van der Waals surface area contributed by atoms with Crippen molar-refractivity contribution in [1.82, 2.24) is 25.0 Å². The van der Waals surface area contributed by atoms with Crippen LogP contribution in [0.4, 0.5) is 19.0 Å². The molecule has 0 aliphatic carbocycles. The van der Waals surface area contributed by atoms with Crippen molar-refractivity contribution in [2.24, 2.45) is 0 Å². The Morgan fingerprint density at radius 2 is 2.09 bits per heavy atom. The molecule has 3 N–H and O–H groups in total. The van der Waals surface area contributed by atoms with Gasteiger partial charge in [-0.2, -0.15) is 0 Å². The van der Waals surface area contributed by atoms with E-state index in [-0.39, 0.29) is 29.2 Å². The summed E-state index contributed by atoms with van der Waals surface area (Å²) in [5.41, 5.74) is 0.941. The molecule has 0 radical (unpaired) electrons. The number of hydrogen-bond donors (Lipinski definition) is 3. The summed E-state index contributed by atoms with van der Waals surface area (Å²) in [5, 5.41) is 8.62. The normalized spacial score (nSPS) is 21.3. The number of anilines is 1. The molecule has 0 aromatic carbocycles. The van der Waals surface area contributed by atoms with Gasteiger partial charge in [0.05, 0.1) is 37.2 Å². The molecule has 2 saturated heterocycles. The molecule has 5 heterocycles. The molecule has 0 bridgehead atoms. The minimum atomic E-state index is -1.17. The lowest BCUT2D eigenvalue weighted by Gasteiger charge is -2.28. The topological polar surface area (TPSA) is 92.6 Å². The van der Waals surface area contributed by atoms with E-state index in [2.05, 4.69) is 25.9 Å². The van der Waals surface area contributed by atoms with Gasteiger partial charge in [-0.05, 0) is 25.1 Å². The van der Waals surface area contributed by atoms with Crippen LogP contribution in [0.25, 0.3) is 17.0 Å². The lowest BCUT2D eigenvalue weighted by Crippen LogP contribution is -2.48. The fraction of sp³-hybridized carbons (Fsp3) is 0.381. The fourth-order valence-corrected chi connectivity index (χ4v) is 3.78. The average Bonchev–Trinajstić information content (AvgIpc) is 3.17. The van der Waals surface area contributed by atoms with Crippen LogP contribution in [0.3, 0.4) is 0 Å². The summed E-state index contributed by atoms with van der Waals surface area (Å²) in [7, 11) is 0. The number of alkyl halides is 1. The van der Waals surface area contributed by atoms with Crippen LogP contribution in [0.5, 0.6) is 0 Å². The number of nitrogens with zero attached hydrogens (tertiary/aromatic N) is 3. The molecular formula is C21H21F3N6O2. The first-order valence-electron chi connectivity index (χ1n) is 10.3. The minimum absolute atomic E-state index is 0.0132. The van der Waals surface area contributed by atoms with E-state index in [1.54, 1.807) is 22.7 Å². The number of imidazole rings is 1. The lowest BCUT2D eigenvalue weighted by atomic mass is 10.1. The van der Waals surface area contributed by atoms with Gasteiger partial charge in [0, 0.05) is 24.4 Å². The summed E-state index contributed by atoms with van der Waals surface area (Å²) in [4.78, 5) is 20.7. The summed E-state index contributed by atoms with van der Waals surface area (Å²) >= 11 is 0. The van der Waals surface area contributed by atoms with Crippen molar-refractivity contribution in [2.75, 3.05) is 31.6 Å². The third-order valence-electron chi connectivity index (χ3n) is 5.64. The lowest BCUT2D eigenvalue weighted by molar-refractivity contribution is -0.00346. The van der Waals surface area contributed by atoms with Gasteiger partial charge in [0.25, 0.3) is 5.91 Å². The van der Waals surface area contributed by atoms with Gasteiger partial charge in [0.1, 0.15) is 17.5 Å². The Balaban J connectivity index is 1.44. The van der Waals surface area contributed by atoms with E-state index in [4.69, 9.17) is 4.74 Å². The van der Waals surface area contributed by atoms with Gasteiger partial charge in [-0.25, -0.2) is 23.1 Å². The largest absolute Gasteiger partial charge is 0.377 e. The molecule has 2 aliphatic heterocycles. The van der Waals surface area contributed by atoms with Crippen LogP contribution in [0.1, 0.15) is 16.8 Å². The van der Waals surface area contributed by atoms with Crippen molar-refractivity contribution >= 4 is 17.4 Å². The number of halogens is 3. The summed E-state index contributed by atoms with van der Waals surface area (Å²) in [6.07, 6.45) is 2.09. The predicted molar refractivity (Wildman–Crippen MR) is 110 cm³/mol. The molecule has 32 heavy (non-hydrogen) atoms. The first kappa shape index (κ1) is 20.7. The van der Waals surface area contributed by atoms with Crippen LogP contribution in [-0.2, 0) is 4.74 Å². The highest BCUT2D eigenvalue weighted by Crippen LogP contribution is 2.27. The number of hydrogen-bond acceptors (Lipinski definition) is 6. The molecule has 3 aromatic rings. The minimum Gasteiger partial charge on any atom is -0.377 e. The fourth-order valence-electron chi connectivity index (χ4n) is 3.78. The quantitative estimate of drug-likeness (QED) is 0.555. The number of pyridine rings is 2. The molecule has 0 unspecified atom stereocenters. The van der Waals surface area contributed by atoms with Crippen LogP contribution < -0.4 is 16.0 Å². The van der Waals surface area contributed by atoms with E-state index in [9.17, 15) is 18.0 Å². The average molecular weight is 446 g/mol. The van der Waals surface area contributed by atoms with Crippen LogP contribution in [-0.4, -0.2) is 64.8 Å². The molecule has 2 fully saturated rings. The molecule has 11 heteroatoms. The second-order valence-electron chi connectivity index (χ2n) is 7.90. The first-order chi connectivity index (χ1) is 15.5. The number of piperidine rings is 1. The summed E-state index contributed by atoms with van der Waals surface area (Å²) in [5.74, 6) is -2.27. The standard InChI is InChI=1S/C21H21F3N6O2/c22-13-1-3-25-7-16(13)28-20-15(24)6-14(23)19(29-20)17-8-26-18-5-11(2-4-30(17)18)21(31)27-12-9-32-10-12/h2,4-6,8,12-13,16,25H,1,3,7,9-10H2,(H,27,31)(H,28,29)/t13-,16-/m1/s1. The summed E-state index contributed by atoms with van der Waals surface area (Å²) in [6, 6.07) is 3.18. The Bertz CT molecular complexity index is 1170. The van der Waals surface area contributed by atoms with Gasteiger partial charge >= 0.3 is 0 Å². The van der Waals surface area contributed by atoms with E-state index in [1.165, 1.54) is 6.20 Å². The number of ether oxygens (including phenoxy) is 1. The number of carbonyl (C=O) groups is 1. The molecular weight excluding hydrogens is 425 g/mol. The van der Waals surface area contributed by atoms with Crippen LogP contribution in [0, 0.1) is 11.6 Å². The molecule has 0 saturated carbocycles. The van der Waals surface area contributed by atoms with Gasteiger partial charge in [0.2, 0.25) is 0 Å². The molecule has 2 atom stereocenters. The van der Waals surface area contributed by atoms with Crippen molar-refractivity contribution in [1.29, 1.82) is 0 Å². The van der Waals surface area contributed by atoms with Crippen LogP contribution >= 0.6 is 0 Å². The smallest absolute Gasteiger partial charge is 0.251 e. The molecule has 168 valence electrons. The maximum absolute atomic E-state index is 14.6. The number of nitrogens with one attached hydrogen (secondary N) is 3. The number of amides is 1.